The van der Waals surface area contributed by atoms with Gasteiger partial charge in [0.1, 0.15) is 11.5 Å². The topological polar surface area (TPSA) is 44.9 Å². The first kappa shape index (κ1) is 14.8. The third-order valence-corrected chi connectivity index (χ3v) is 4.02. The average Bonchev–Trinajstić information content (AvgIpc) is 2.90. The number of carbonyl (C=O) groups is 1. The molecule has 0 aliphatic rings. The molecule has 2 N–H and O–H groups in total. The maximum atomic E-state index is 13.2. The summed E-state index contributed by atoms with van der Waals surface area (Å²) < 4.78 is 14.2. The number of rotatable bonds is 3. The van der Waals surface area contributed by atoms with Crippen LogP contribution in [0, 0.1) is 5.82 Å². The molecule has 22 heavy (non-hydrogen) atoms. The van der Waals surface area contributed by atoms with Crippen LogP contribution in [-0.4, -0.2) is 10.9 Å². The summed E-state index contributed by atoms with van der Waals surface area (Å²) in [5.74, 6) is -0.529. The quantitative estimate of drug-likeness (QED) is 0.706. The van der Waals surface area contributed by atoms with Crippen LogP contribution in [-0.2, 0) is 0 Å². The highest BCUT2D eigenvalue weighted by Crippen LogP contribution is 2.21. The number of fused-ring (bicyclic) bond motifs is 1. The van der Waals surface area contributed by atoms with E-state index in [-0.39, 0.29) is 17.8 Å². The first-order chi connectivity index (χ1) is 10.5. The van der Waals surface area contributed by atoms with Gasteiger partial charge < -0.3 is 10.3 Å². The average molecular weight is 361 g/mol. The van der Waals surface area contributed by atoms with Gasteiger partial charge in [-0.15, -0.1) is 0 Å². The highest BCUT2D eigenvalue weighted by molar-refractivity contribution is 9.10. The van der Waals surface area contributed by atoms with Crippen molar-refractivity contribution >= 4 is 32.7 Å². The van der Waals surface area contributed by atoms with E-state index in [2.05, 4.69) is 26.2 Å². The fourth-order valence-electron chi connectivity index (χ4n) is 2.36. The molecule has 0 bridgehead atoms. The molecule has 0 spiro atoms. The maximum absolute atomic E-state index is 13.2. The van der Waals surface area contributed by atoms with Gasteiger partial charge in [-0.25, -0.2) is 4.39 Å². The number of halogens is 2. The second-order valence-corrected chi connectivity index (χ2v) is 6.08. The largest absolute Gasteiger partial charge is 0.351 e. The van der Waals surface area contributed by atoms with Crippen LogP contribution in [0.15, 0.2) is 53.0 Å². The molecule has 0 aliphatic heterocycles. The summed E-state index contributed by atoms with van der Waals surface area (Å²) in [7, 11) is 0. The number of H-pyrrole nitrogens is 1. The van der Waals surface area contributed by atoms with Crippen LogP contribution >= 0.6 is 15.9 Å². The third kappa shape index (κ3) is 3.04. The Morgan fingerprint density at radius 2 is 2.05 bits per heavy atom. The first-order valence-electron chi connectivity index (χ1n) is 6.87. The van der Waals surface area contributed by atoms with Crippen molar-refractivity contribution in [2.24, 2.45) is 0 Å². The van der Waals surface area contributed by atoms with Crippen LogP contribution in [0.25, 0.3) is 10.9 Å². The Bertz CT molecular complexity index is 844. The van der Waals surface area contributed by atoms with Gasteiger partial charge in [-0.1, -0.05) is 28.1 Å². The molecule has 1 aromatic heterocycles. The molecule has 3 aromatic rings. The van der Waals surface area contributed by atoms with E-state index in [1.54, 1.807) is 18.2 Å². The summed E-state index contributed by atoms with van der Waals surface area (Å²) in [5.41, 5.74) is 2.11. The van der Waals surface area contributed by atoms with E-state index in [0.717, 1.165) is 20.9 Å². The minimum absolute atomic E-state index is 0.218. The lowest BCUT2D eigenvalue weighted by molar-refractivity contribution is 0.0935. The summed E-state index contributed by atoms with van der Waals surface area (Å²) in [6.07, 6.45) is 0. The van der Waals surface area contributed by atoms with Gasteiger partial charge in [0, 0.05) is 15.4 Å². The third-order valence-electron chi connectivity index (χ3n) is 3.52. The predicted octanol–water partition coefficient (Wildman–Crippen LogP) is 4.56. The Morgan fingerprint density at radius 1 is 1.23 bits per heavy atom. The van der Waals surface area contributed by atoms with E-state index in [4.69, 9.17) is 0 Å². The van der Waals surface area contributed by atoms with Crippen LogP contribution < -0.4 is 5.32 Å². The number of carbonyl (C=O) groups excluding carboxylic acids is 1. The Kier molecular flexibility index (Phi) is 3.98. The molecule has 0 fully saturated rings. The monoisotopic (exact) mass is 360 g/mol. The van der Waals surface area contributed by atoms with Crippen molar-refractivity contribution in [2.45, 2.75) is 13.0 Å². The minimum atomic E-state index is -0.311. The molecule has 0 saturated carbocycles. The van der Waals surface area contributed by atoms with Gasteiger partial charge in [-0.3, -0.25) is 4.79 Å². The van der Waals surface area contributed by atoms with E-state index in [0.29, 0.717) is 5.69 Å². The van der Waals surface area contributed by atoms with Gasteiger partial charge >= 0.3 is 0 Å². The van der Waals surface area contributed by atoms with Crippen molar-refractivity contribution < 1.29 is 9.18 Å². The molecular weight excluding hydrogens is 347 g/mol. The lowest BCUT2D eigenvalue weighted by Gasteiger charge is -2.13. The molecule has 2 aromatic carbocycles. The number of hydrogen-bond acceptors (Lipinski definition) is 1. The van der Waals surface area contributed by atoms with Gasteiger partial charge in [0.15, 0.2) is 0 Å². The molecule has 1 atom stereocenters. The van der Waals surface area contributed by atoms with Crippen molar-refractivity contribution in [3.8, 4) is 0 Å². The zero-order valence-electron chi connectivity index (χ0n) is 11.9. The highest BCUT2D eigenvalue weighted by Gasteiger charge is 2.14. The summed E-state index contributed by atoms with van der Waals surface area (Å²) in [5, 5.41) is 3.82. The standard InChI is InChI=1S/C17H14BrFN2O/c1-10(11-3-2-4-14(19)8-11)20-17(22)16-9-12-7-13(18)5-6-15(12)21-16/h2-10,21H,1H3,(H,20,22). The second kappa shape index (κ2) is 5.93. The van der Waals surface area contributed by atoms with E-state index in [1.165, 1.54) is 12.1 Å². The molecule has 0 radical (unpaired) electrons. The molecule has 0 saturated heterocycles. The zero-order valence-corrected chi connectivity index (χ0v) is 13.4. The summed E-state index contributed by atoms with van der Waals surface area (Å²) in [6, 6.07) is 13.5. The van der Waals surface area contributed by atoms with Gasteiger partial charge in [0.05, 0.1) is 6.04 Å². The maximum Gasteiger partial charge on any atom is 0.268 e. The minimum Gasteiger partial charge on any atom is -0.351 e. The van der Waals surface area contributed by atoms with Crippen LogP contribution in [0.5, 0.6) is 0 Å². The summed E-state index contributed by atoms with van der Waals surface area (Å²) in [4.78, 5) is 15.4. The van der Waals surface area contributed by atoms with Crippen LogP contribution in [0.4, 0.5) is 4.39 Å². The normalized spacial score (nSPS) is 12.3. The van der Waals surface area contributed by atoms with E-state index in [1.807, 2.05) is 25.1 Å². The van der Waals surface area contributed by atoms with Gasteiger partial charge in [-0.2, -0.15) is 0 Å². The van der Waals surface area contributed by atoms with Crippen molar-refractivity contribution in [1.82, 2.24) is 10.3 Å². The number of benzene rings is 2. The fourth-order valence-corrected chi connectivity index (χ4v) is 2.74. The lowest BCUT2D eigenvalue weighted by atomic mass is 10.1. The lowest BCUT2D eigenvalue weighted by Crippen LogP contribution is -2.26. The van der Waals surface area contributed by atoms with Gasteiger partial charge in [0.25, 0.3) is 5.91 Å². The van der Waals surface area contributed by atoms with Crippen LogP contribution in [0.3, 0.4) is 0 Å². The summed E-state index contributed by atoms with van der Waals surface area (Å²) >= 11 is 3.41. The van der Waals surface area contributed by atoms with Crippen molar-refractivity contribution in [1.29, 1.82) is 0 Å². The number of aromatic nitrogens is 1. The molecule has 1 unspecified atom stereocenters. The van der Waals surface area contributed by atoms with Crippen LogP contribution in [0.1, 0.15) is 29.0 Å². The Balaban J connectivity index is 1.80. The summed E-state index contributed by atoms with van der Waals surface area (Å²) in [6.45, 7) is 1.83. The van der Waals surface area contributed by atoms with Crippen molar-refractivity contribution in [3.05, 3.63) is 70.1 Å². The van der Waals surface area contributed by atoms with E-state index < -0.39 is 0 Å². The van der Waals surface area contributed by atoms with Crippen molar-refractivity contribution in [3.63, 3.8) is 0 Å². The Hall–Kier alpha value is -2.14. The second-order valence-electron chi connectivity index (χ2n) is 5.16. The smallest absolute Gasteiger partial charge is 0.268 e. The Morgan fingerprint density at radius 3 is 2.82 bits per heavy atom. The molecular formula is C17H14BrFN2O. The SMILES string of the molecule is CC(NC(=O)c1cc2cc(Br)ccc2[nH]1)c1cccc(F)c1. The number of aromatic amines is 1. The molecule has 112 valence electrons. The Labute approximate surface area is 135 Å². The number of amides is 1. The molecule has 3 nitrogen and oxygen atoms in total. The zero-order chi connectivity index (χ0) is 15.7. The van der Waals surface area contributed by atoms with E-state index >= 15 is 0 Å². The first-order valence-corrected chi connectivity index (χ1v) is 7.67. The fraction of sp³-hybridized carbons (Fsp3) is 0.118. The molecule has 0 aliphatic carbocycles. The number of nitrogens with one attached hydrogen (secondary N) is 2. The van der Waals surface area contributed by atoms with Gasteiger partial charge in [0.2, 0.25) is 0 Å². The molecule has 1 heterocycles. The van der Waals surface area contributed by atoms with Crippen LogP contribution in [0.2, 0.25) is 0 Å². The van der Waals surface area contributed by atoms with E-state index in [9.17, 15) is 9.18 Å². The van der Waals surface area contributed by atoms with Crippen molar-refractivity contribution in [2.75, 3.05) is 0 Å². The highest BCUT2D eigenvalue weighted by atomic mass is 79.9. The predicted molar refractivity (Wildman–Crippen MR) is 88.3 cm³/mol. The van der Waals surface area contributed by atoms with Gasteiger partial charge in [-0.05, 0) is 48.9 Å². The molecule has 3 rings (SSSR count). The molecule has 5 heteroatoms. The number of hydrogen-bond donors (Lipinski definition) is 2. The molecule has 1 amide bonds.